The lowest BCUT2D eigenvalue weighted by atomic mass is 10.1. The molecule has 1 aliphatic carbocycles. The molecule has 0 spiro atoms. The number of hydrogen-bond acceptors (Lipinski definition) is 4. The number of nitrogens with one attached hydrogen (secondary N) is 1. The van der Waals surface area contributed by atoms with Crippen LogP contribution in [0.15, 0.2) is 6.20 Å². The Morgan fingerprint density at radius 3 is 2.89 bits per heavy atom. The molecular weight excluding hydrogens is 264 g/mol. The molecule has 1 aromatic heterocycles. The van der Waals surface area contributed by atoms with E-state index < -0.39 is 12.0 Å². The number of carboxylic acid groups (broad SMARTS) is 1. The Hall–Kier alpha value is -1.43. The first-order valence-electron chi connectivity index (χ1n) is 6.58. The molecule has 1 atom stereocenters. The van der Waals surface area contributed by atoms with Crippen LogP contribution in [0.25, 0.3) is 0 Å². The van der Waals surface area contributed by atoms with Gasteiger partial charge in [-0.15, -0.1) is 11.3 Å². The Bertz CT molecular complexity index is 468. The molecule has 0 saturated heterocycles. The van der Waals surface area contributed by atoms with E-state index in [4.69, 9.17) is 5.11 Å². The molecule has 0 bridgehead atoms. The van der Waals surface area contributed by atoms with E-state index in [-0.39, 0.29) is 5.91 Å². The van der Waals surface area contributed by atoms with Crippen LogP contribution < -0.4 is 5.32 Å². The van der Waals surface area contributed by atoms with Gasteiger partial charge in [-0.25, -0.2) is 9.78 Å². The SMILES string of the molecule is CCCc1ncc(C(=O)NC(CC2CC2)C(=O)O)s1. The van der Waals surface area contributed by atoms with E-state index in [9.17, 15) is 9.59 Å². The standard InChI is InChI=1S/C13H18N2O3S/c1-2-3-11-14-7-10(19-11)12(16)15-9(13(17)18)6-8-4-5-8/h7-9H,2-6H2,1H3,(H,15,16)(H,17,18). The molecular formula is C13H18N2O3S. The summed E-state index contributed by atoms with van der Waals surface area (Å²) in [4.78, 5) is 27.7. The molecule has 1 unspecified atom stereocenters. The Labute approximate surface area is 116 Å². The monoisotopic (exact) mass is 282 g/mol. The molecule has 0 aliphatic heterocycles. The summed E-state index contributed by atoms with van der Waals surface area (Å²) < 4.78 is 0. The third-order valence-corrected chi connectivity index (χ3v) is 4.17. The van der Waals surface area contributed by atoms with Gasteiger partial charge in [0.1, 0.15) is 10.9 Å². The summed E-state index contributed by atoms with van der Waals surface area (Å²) >= 11 is 1.34. The number of aromatic nitrogens is 1. The van der Waals surface area contributed by atoms with E-state index in [2.05, 4.69) is 17.2 Å². The molecule has 1 aromatic rings. The number of amides is 1. The number of aliphatic carboxylic acids is 1. The minimum absolute atomic E-state index is 0.326. The van der Waals surface area contributed by atoms with Crippen LogP contribution in [0.3, 0.4) is 0 Å². The highest BCUT2D eigenvalue weighted by Gasteiger charge is 2.30. The van der Waals surface area contributed by atoms with Crippen molar-refractivity contribution in [3.63, 3.8) is 0 Å². The van der Waals surface area contributed by atoms with Crippen LogP contribution in [0, 0.1) is 5.92 Å². The smallest absolute Gasteiger partial charge is 0.326 e. The maximum absolute atomic E-state index is 12.0. The highest BCUT2D eigenvalue weighted by Crippen LogP contribution is 2.33. The molecule has 2 rings (SSSR count). The van der Waals surface area contributed by atoms with E-state index in [1.165, 1.54) is 17.5 Å². The third-order valence-electron chi connectivity index (χ3n) is 3.11. The van der Waals surface area contributed by atoms with Crippen molar-refractivity contribution < 1.29 is 14.7 Å². The zero-order chi connectivity index (χ0) is 13.8. The number of carboxylic acids is 1. The fraction of sp³-hybridized carbons (Fsp3) is 0.615. The molecule has 104 valence electrons. The van der Waals surface area contributed by atoms with E-state index in [1.54, 1.807) is 0 Å². The zero-order valence-electron chi connectivity index (χ0n) is 10.9. The van der Waals surface area contributed by atoms with Crippen LogP contribution in [-0.2, 0) is 11.2 Å². The maximum atomic E-state index is 12.0. The summed E-state index contributed by atoms with van der Waals surface area (Å²) in [5.41, 5.74) is 0. The normalized spacial score (nSPS) is 16.1. The molecule has 1 fully saturated rings. The van der Waals surface area contributed by atoms with Crippen molar-refractivity contribution >= 4 is 23.2 Å². The highest BCUT2D eigenvalue weighted by molar-refractivity contribution is 7.13. The van der Waals surface area contributed by atoms with E-state index in [0.29, 0.717) is 17.2 Å². The molecule has 5 nitrogen and oxygen atoms in total. The molecule has 1 amide bonds. The summed E-state index contributed by atoms with van der Waals surface area (Å²) in [5.74, 6) is -0.829. The van der Waals surface area contributed by atoms with Crippen molar-refractivity contribution in [3.8, 4) is 0 Å². The summed E-state index contributed by atoms with van der Waals surface area (Å²) in [6, 6.07) is -0.781. The second-order valence-corrected chi connectivity index (χ2v) is 6.03. The van der Waals surface area contributed by atoms with Gasteiger partial charge in [-0.1, -0.05) is 19.8 Å². The minimum Gasteiger partial charge on any atom is -0.480 e. The minimum atomic E-state index is -0.960. The predicted octanol–water partition coefficient (Wildman–Crippen LogP) is 2.08. The topological polar surface area (TPSA) is 79.3 Å². The van der Waals surface area contributed by atoms with E-state index in [0.717, 1.165) is 30.7 Å². The fourth-order valence-electron chi connectivity index (χ4n) is 1.88. The summed E-state index contributed by atoms with van der Waals surface area (Å²) in [6.07, 6.45) is 6.03. The Morgan fingerprint density at radius 1 is 1.58 bits per heavy atom. The molecule has 2 N–H and O–H groups in total. The summed E-state index contributed by atoms with van der Waals surface area (Å²) in [7, 11) is 0. The van der Waals surface area contributed by atoms with Gasteiger partial charge in [0.05, 0.1) is 11.2 Å². The van der Waals surface area contributed by atoms with E-state index >= 15 is 0 Å². The van der Waals surface area contributed by atoms with Crippen molar-refractivity contribution in [2.45, 2.75) is 45.1 Å². The average molecular weight is 282 g/mol. The van der Waals surface area contributed by atoms with Gasteiger partial charge in [0.15, 0.2) is 0 Å². The van der Waals surface area contributed by atoms with Gasteiger partial charge in [0.2, 0.25) is 0 Å². The second kappa shape index (κ2) is 6.14. The summed E-state index contributed by atoms with van der Waals surface area (Å²) in [6.45, 7) is 2.05. The van der Waals surface area contributed by atoms with Gasteiger partial charge in [0.25, 0.3) is 5.91 Å². The maximum Gasteiger partial charge on any atom is 0.326 e. The highest BCUT2D eigenvalue weighted by atomic mass is 32.1. The molecule has 1 heterocycles. The lowest BCUT2D eigenvalue weighted by molar-refractivity contribution is -0.139. The molecule has 1 saturated carbocycles. The number of hydrogen-bond donors (Lipinski definition) is 2. The summed E-state index contributed by atoms with van der Waals surface area (Å²) in [5, 5.41) is 12.6. The number of rotatable bonds is 7. The van der Waals surface area contributed by atoms with Crippen LogP contribution in [0.4, 0.5) is 0 Å². The van der Waals surface area contributed by atoms with Gasteiger partial charge in [-0.3, -0.25) is 4.79 Å². The third kappa shape index (κ3) is 4.02. The number of nitrogens with zero attached hydrogens (tertiary/aromatic N) is 1. The van der Waals surface area contributed by atoms with Gasteiger partial charge in [-0.05, 0) is 25.2 Å². The van der Waals surface area contributed by atoms with Gasteiger partial charge in [0, 0.05) is 0 Å². The first kappa shape index (κ1) is 14.0. The number of aryl methyl sites for hydroxylation is 1. The van der Waals surface area contributed by atoms with Crippen molar-refractivity contribution in [2.24, 2.45) is 5.92 Å². The average Bonchev–Trinajstić information content (AvgIpc) is 3.05. The fourth-order valence-corrected chi connectivity index (χ4v) is 2.80. The van der Waals surface area contributed by atoms with Gasteiger partial charge >= 0.3 is 5.97 Å². The Morgan fingerprint density at radius 2 is 2.32 bits per heavy atom. The zero-order valence-corrected chi connectivity index (χ0v) is 11.7. The number of carbonyl (C=O) groups excluding carboxylic acids is 1. The van der Waals surface area contributed by atoms with Crippen LogP contribution in [0.1, 0.15) is 47.3 Å². The van der Waals surface area contributed by atoms with Crippen LogP contribution in [0.5, 0.6) is 0 Å². The molecule has 6 heteroatoms. The lowest BCUT2D eigenvalue weighted by Crippen LogP contribution is -2.40. The molecule has 19 heavy (non-hydrogen) atoms. The molecule has 0 aromatic carbocycles. The van der Waals surface area contributed by atoms with Crippen molar-refractivity contribution in [1.29, 1.82) is 0 Å². The van der Waals surface area contributed by atoms with Crippen molar-refractivity contribution in [3.05, 3.63) is 16.1 Å². The predicted molar refractivity (Wildman–Crippen MR) is 72.3 cm³/mol. The van der Waals surface area contributed by atoms with Crippen LogP contribution in [0.2, 0.25) is 0 Å². The van der Waals surface area contributed by atoms with Crippen LogP contribution >= 0.6 is 11.3 Å². The number of carbonyl (C=O) groups is 2. The van der Waals surface area contributed by atoms with Gasteiger partial charge in [-0.2, -0.15) is 0 Å². The van der Waals surface area contributed by atoms with Crippen LogP contribution in [-0.4, -0.2) is 28.0 Å². The molecule has 1 aliphatic rings. The lowest BCUT2D eigenvalue weighted by Gasteiger charge is -2.12. The Kier molecular flexibility index (Phi) is 4.52. The quantitative estimate of drug-likeness (QED) is 0.802. The first-order chi connectivity index (χ1) is 9.10. The number of thiazole rings is 1. The first-order valence-corrected chi connectivity index (χ1v) is 7.40. The largest absolute Gasteiger partial charge is 0.480 e. The second-order valence-electron chi connectivity index (χ2n) is 4.91. The Balaban J connectivity index is 1.94. The van der Waals surface area contributed by atoms with E-state index in [1.807, 2.05) is 0 Å². The molecule has 0 radical (unpaired) electrons. The van der Waals surface area contributed by atoms with Gasteiger partial charge < -0.3 is 10.4 Å². The van der Waals surface area contributed by atoms with Crippen molar-refractivity contribution in [1.82, 2.24) is 10.3 Å². The van der Waals surface area contributed by atoms with Crippen molar-refractivity contribution in [2.75, 3.05) is 0 Å².